The third-order valence-electron chi connectivity index (χ3n) is 8.98. The number of nitrogens with zero attached hydrogens (tertiary/aromatic N) is 1. The van der Waals surface area contributed by atoms with Crippen LogP contribution in [0.1, 0.15) is 75.2 Å². The van der Waals surface area contributed by atoms with Crippen LogP contribution in [0.25, 0.3) is 0 Å². The highest BCUT2D eigenvalue weighted by atomic mass is 32.2. The Balaban J connectivity index is 1.45. The summed E-state index contributed by atoms with van der Waals surface area (Å²) in [5.41, 5.74) is 5.20. The first-order valence-corrected chi connectivity index (χ1v) is 16.4. The highest BCUT2D eigenvalue weighted by molar-refractivity contribution is 7.91. The SMILES string of the molecule is CCNC(=O)C12CCC(NC(=O)c3cc4c(cc3F)S(=O)(=O)C[C@H](N)C(=O)N4Cc3ccc(OC(C)C)cc3)(CC1)CC2. The van der Waals surface area contributed by atoms with Crippen LogP contribution in [0.5, 0.6) is 5.75 Å². The molecule has 3 amide bonds. The fourth-order valence-corrected chi connectivity index (χ4v) is 8.12. The second-order valence-electron chi connectivity index (χ2n) is 12.3. The molecule has 10 nitrogen and oxygen atoms in total. The molecule has 2 aromatic rings. The average Bonchev–Trinajstić information content (AvgIpc) is 3.02. The summed E-state index contributed by atoms with van der Waals surface area (Å²) < 4.78 is 47.6. The zero-order valence-electron chi connectivity index (χ0n) is 24.7. The normalized spacial score (nSPS) is 26.0. The number of anilines is 1. The number of carbonyl (C=O) groups excluding carboxylic acids is 3. The van der Waals surface area contributed by atoms with E-state index in [0.717, 1.165) is 12.1 Å². The lowest BCUT2D eigenvalue weighted by Gasteiger charge is -2.52. The van der Waals surface area contributed by atoms with Gasteiger partial charge in [0, 0.05) is 17.5 Å². The van der Waals surface area contributed by atoms with Crippen molar-refractivity contribution in [1.29, 1.82) is 0 Å². The Hall–Kier alpha value is -3.51. The van der Waals surface area contributed by atoms with Gasteiger partial charge in [-0.05, 0) is 89.1 Å². The van der Waals surface area contributed by atoms with Gasteiger partial charge in [-0.3, -0.25) is 14.4 Å². The average molecular weight is 615 g/mol. The third kappa shape index (κ3) is 5.99. The summed E-state index contributed by atoms with van der Waals surface area (Å²) in [4.78, 5) is 40.5. The van der Waals surface area contributed by atoms with Crippen molar-refractivity contribution < 1.29 is 31.9 Å². The van der Waals surface area contributed by atoms with Crippen molar-refractivity contribution in [2.45, 2.75) is 88.4 Å². The number of nitrogens with one attached hydrogen (secondary N) is 2. The minimum absolute atomic E-state index is 0.0301. The second-order valence-corrected chi connectivity index (χ2v) is 14.3. The van der Waals surface area contributed by atoms with E-state index in [9.17, 15) is 22.8 Å². The molecular formula is C31H39FN4O6S. The summed E-state index contributed by atoms with van der Waals surface area (Å²) in [5.74, 6) is -2.35. The Labute approximate surface area is 251 Å². The maximum absolute atomic E-state index is 15.5. The van der Waals surface area contributed by atoms with E-state index < -0.39 is 50.2 Å². The van der Waals surface area contributed by atoms with Crippen molar-refractivity contribution in [3.05, 3.63) is 53.3 Å². The van der Waals surface area contributed by atoms with Crippen LogP contribution in [0.4, 0.5) is 10.1 Å². The molecule has 43 heavy (non-hydrogen) atoms. The van der Waals surface area contributed by atoms with Crippen molar-refractivity contribution in [1.82, 2.24) is 10.6 Å². The van der Waals surface area contributed by atoms with Gasteiger partial charge in [-0.15, -0.1) is 0 Å². The lowest BCUT2D eigenvalue weighted by atomic mass is 9.57. The van der Waals surface area contributed by atoms with E-state index in [1.54, 1.807) is 24.3 Å². The van der Waals surface area contributed by atoms with Gasteiger partial charge in [0.25, 0.3) is 5.91 Å². The lowest BCUT2D eigenvalue weighted by molar-refractivity contribution is -0.137. The summed E-state index contributed by atoms with van der Waals surface area (Å²) in [6.07, 6.45) is 3.55. The van der Waals surface area contributed by atoms with Crippen LogP contribution in [-0.4, -0.2) is 56.1 Å². The maximum atomic E-state index is 15.5. The molecule has 3 aliphatic carbocycles. The molecule has 1 atom stereocenters. The molecular weight excluding hydrogens is 575 g/mol. The first-order chi connectivity index (χ1) is 20.3. The number of sulfone groups is 1. The Morgan fingerprint density at radius 3 is 2.30 bits per heavy atom. The van der Waals surface area contributed by atoms with E-state index in [1.165, 1.54) is 4.90 Å². The van der Waals surface area contributed by atoms with Crippen LogP contribution < -0.4 is 26.0 Å². The Bertz CT molecular complexity index is 1520. The number of ether oxygens (including phenoxy) is 1. The molecule has 2 bridgehead atoms. The van der Waals surface area contributed by atoms with Gasteiger partial charge in [0.1, 0.15) is 11.6 Å². The first kappa shape index (κ1) is 30.9. The smallest absolute Gasteiger partial charge is 0.254 e. The van der Waals surface area contributed by atoms with Gasteiger partial charge in [0.2, 0.25) is 11.8 Å². The number of amides is 3. The van der Waals surface area contributed by atoms with Gasteiger partial charge in [-0.25, -0.2) is 12.8 Å². The summed E-state index contributed by atoms with van der Waals surface area (Å²) in [5, 5.41) is 5.94. The van der Waals surface area contributed by atoms with Gasteiger partial charge < -0.3 is 26.0 Å². The number of carbonyl (C=O) groups is 3. The molecule has 3 saturated carbocycles. The van der Waals surface area contributed by atoms with E-state index in [4.69, 9.17) is 10.5 Å². The molecule has 3 fully saturated rings. The monoisotopic (exact) mass is 614 g/mol. The van der Waals surface area contributed by atoms with E-state index >= 15 is 4.39 Å². The zero-order chi connectivity index (χ0) is 31.2. The molecule has 12 heteroatoms. The molecule has 1 heterocycles. The van der Waals surface area contributed by atoms with Gasteiger partial charge >= 0.3 is 0 Å². The van der Waals surface area contributed by atoms with Crippen molar-refractivity contribution >= 4 is 33.2 Å². The van der Waals surface area contributed by atoms with Crippen molar-refractivity contribution in [3.63, 3.8) is 0 Å². The molecule has 4 N–H and O–H groups in total. The number of benzene rings is 2. The van der Waals surface area contributed by atoms with Crippen LogP contribution in [0.3, 0.4) is 0 Å². The summed E-state index contributed by atoms with van der Waals surface area (Å²) in [6, 6.07) is 7.58. The topological polar surface area (TPSA) is 148 Å². The van der Waals surface area contributed by atoms with Gasteiger partial charge in [-0.1, -0.05) is 12.1 Å². The minimum Gasteiger partial charge on any atom is -0.491 e. The van der Waals surface area contributed by atoms with Gasteiger partial charge in [0.15, 0.2) is 9.84 Å². The van der Waals surface area contributed by atoms with Crippen LogP contribution >= 0.6 is 0 Å². The van der Waals surface area contributed by atoms with Gasteiger partial charge in [0.05, 0.1) is 40.6 Å². The van der Waals surface area contributed by atoms with Crippen LogP contribution in [0, 0.1) is 11.2 Å². The highest BCUT2D eigenvalue weighted by Gasteiger charge is 2.53. The number of hydrogen-bond acceptors (Lipinski definition) is 7. The molecule has 0 radical (unpaired) electrons. The summed E-state index contributed by atoms with van der Waals surface area (Å²) >= 11 is 0. The van der Waals surface area contributed by atoms with E-state index in [1.807, 2.05) is 20.8 Å². The van der Waals surface area contributed by atoms with E-state index in [2.05, 4.69) is 10.6 Å². The quantitative estimate of drug-likeness (QED) is 0.414. The number of halogens is 1. The predicted molar refractivity (Wildman–Crippen MR) is 159 cm³/mol. The number of fused-ring (bicyclic) bond motifs is 4. The lowest BCUT2D eigenvalue weighted by Crippen LogP contribution is -2.59. The van der Waals surface area contributed by atoms with Crippen LogP contribution in [0.15, 0.2) is 41.3 Å². The number of rotatable bonds is 8. The molecule has 4 aliphatic rings. The fourth-order valence-electron chi connectivity index (χ4n) is 6.56. The van der Waals surface area contributed by atoms with Crippen LogP contribution in [0.2, 0.25) is 0 Å². The summed E-state index contributed by atoms with van der Waals surface area (Å²) in [6.45, 7) is 6.19. The Kier molecular flexibility index (Phi) is 8.30. The van der Waals surface area contributed by atoms with Gasteiger partial charge in [-0.2, -0.15) is 0 Å². The molecule has 0 unspecified atom stereocenters. The predicted octanol–water partition coefficient (Wildman–Crippen LogP) is 3.22. The molecule has 1 aliphatic heterocycles. The zero-order valence-corrected chi connectivity index (χ0v) is 25.6. The van der Waals surface area contributed by atoms with Crippen LogP contribution in [-0.2, 0) is 26.0 Å². The van der Waals surface area contributed by atoms with E-state index in [0.29, 0.717) is 56.4 Å². The number of nitrogens with two attached hydrogens (primary N) is 1. The van der Waals surface area contributed by atoms with Crippen molar-refractivity contribution in [2.75, 3.05) is 17.2 Å². The van der Waals surface area contributed by atoms with E-state index in [-0.39, 0.29) is 34.7 Å². The largest absolute Gasteiger partial charge is 0.491 e. The minimum atomic E-state index is -4.15. The molecule has 0 spiro atoms. The molecule has 0 aromatic heterocycles. The maximum Gasteiger partial charge on any atom is 0.254 e. The Morgan fingerprint density at radius 2 is 1.72 bits per heavy atom. The molecule has 232 valence electrons. The molecule has 2 aromatic carbocycles. The second kappa shape index (κ2) is 11.5. The molecule has 6 rings (SSSR count). The first-order valence-electron chi connectivity index (χ1n) is 14.8. The van der Waals surface area contributed by atoms with Crippen molar-refractivity contribution in [3.8, 4) is 5.75 Å². The Morgan fingerprint density at radius 1 is 1.09 bits per heavy atom. The third-order valence-corrected chi connectivity index (χ3v) is 10.8. The summed E-state index contributed by atoms with van der Waals surface area (Å²) in [7, 11) is -4.15. The fraction of sp³-hybridized carbons (Fsp3) is 0.516. The van der Waals surface area contributed by atoms with Crippen molar-refractivity contribution in [2.24, 2.45) is 11.1 Å². The highest BCUT2D eigenvalue weighted by Crippen LogP contribution is 2.52. The molecule has 0 saturated heterocycles. The number of hydrogen-bond donors (Lipinski definition) is 3. The standard InChI is InChI=1S/C31H39FN4O6S/c1-4-34-29(39)30-9-12-31(13-10-30,14-11-30)35-27(37)22-15-25-26(16-23(22)32)43(40,41)18-24(33)28(38)36(25)17-20-5-7-21(8-6-20)42-19(2)3/h5-8,15-16,19,24H,4,9-14,17-18,33H2,1-3H3,(H,34,39)(H,35,37)/t24-,30?,31?/m0/s1.